The number of nitrogens with one attached hydrogen (secondary N) is 1. The van der Waals surface area contributed by atoms with Crippen molar-refractivity contribution in [2.75, 3.05) is 13.2 Å². The Bertz CT molecular complexity index is 958. The van der Waals surface area contributed by atoms with E-state index in [0.29, 0.717) is 6.42 Å². The summed E-state index contributed by atoms with van der Waals surface area (Å²) in [6.07, 6.45) is 0.818. The summed E-state index contributed by atoms with van der Waals surface area (Å²) in [5.41, 5.74) is 4.58. The Kier molecular flexibility index (Phi) is 8.09. The van der Waals surface area contributed by atoms with Crippen molar-refractivity contribution in [2.24, 2.45) is 0 Å². The third-order valence-corrected chi connectivity index (χ3v) is 5.97. The Hall–Kier alpha value is -3.35. The second-order valence-electron chi connectivity index (χ2n) is 8.67. The van der Waals surface area contributed by atoms with Crippen LogP contribution in [0.15, 0.2) is 48.5 Å². The predicted molar refractivity (Wildman–Crippen MR) is 126 cm³/mol. The van der Waals surface area contributed by atoms with Gasteiger partial charge in [0.1, 0.15) is 13.2 Å². The first-order valence-corrected chi connectivity index (χ1v) is 11.4. The summed E-state index contributed by atoms with van der Waals surface area (Å²) in [7, 11) is 0. The molecule has 0 heterocycles. The first kappa shape index (κ1) is 24.3. The van der Waals surface area contributed by atoms with E-state index < -0.39 is 18.1 Å². The van der Waals surface area contributed by atoms with Gasteiger partial charge in [-0.15, -0.1) is 0 Å². The summed E-state index contributed by atoms with van der Waals surface area (Å²) in [4.78, 5) is 37.7. The molecule has 0 fully saturated rings. The zero-order valence-electron chi connectivity index (χ0n) is 19.4. The van der Waals surface area contributed by atoms with Crippen LogP contribution >= 0.6 is 0 Å². The maximum Gasteiger partial charge on any atom is 0.407 e. The van der Waals surface area contributed by atoms with Gasteiger partial charge in [0.05, 0.1) is 0 Å². The maximum absolute atomic E-state index is 12.7. The smallest absolute Gasteiger partial charge is 0.407 e. The predicted octanol–water partition coefficient (Wildman–Crippen LogP) is 4.41. The highest BCUT2D eigenvalue weighted by molar-refractivity contribution is 5.82. The number of carboxylic acid groups (broad SMARTS) is 1. The highest BCUT2D eigenvalue weighted by Crippen LogP contribution is 2.44. The van der Waals surface area contributed by atoms with E-state index in [1.165, 1.54) is 4.90 Å². The molecule has 0 aliphatic heterocycles. The van der Waals surface area contributed by atoms with Gasteiger partial charge in [0.2, 0.25) is 5.91 Å². The molecule has 0 bridgehead atoms. The van der Waals surface area contributed by atoms with E-state index in [4.69, 9.17) is 9.84 Å². The van der Waals surface area contributed by atoms with Gasteiger partial charge >= 0.3 is 12.1 Å². The lowest BCUT2D eigenvalue weighted by atomic mass is 9.98. The van der Waals surface area contributed by atoms with Crippen LogP contribution in [0, 0.1) is 0 Å². The Labute approximate surface area is 194 Å². The van der Waals surface area contributed by atoms with E-state index in [9.17, 15) is 14.4 Å². The summed E-state index contributed by atoms with van der Waals surface area (Å²) >= 11 is 0. The second kappa shape index (κ2) is 11.0. The van der Waals surface area contributed by atoms with Crippen molar-refractivity contribution in [1.29, 1.82) is 0 Å². The number of carbonyl (C=O) groups excluding carboxylic acids is 2. The molecular formula is C26H32N2O5. The van der Waals surface area contributed by atoms with E-state index in [0.717, 1.165) is 28.7 Å². The summed E-state index contributed by atoms with van der Waals surface area (Å²) < 4.78 is 5.60. The SMILES string of the molecule is CCC[C@@H](CC(=O)N(CC(=O)O)C(C)C)NC(=O)OCC1c2ccccc2-c2ccccc21. The van der Waals surface area contributed by atoms with Crippen LogP contribution in [-0.2, 0) is 14.3 Å². The fourth-order valence-electron chi connectivity index (χ4n) is 4.41. The van der Waals surface area contributed by atoms with Crippen LogP contribution in [0.5, 0.6) is 0 Å². The summed E-state index contributed by atoms with van der Waals surface area (Å²) in [6, 6.07) is 15.6. The van der Waals surface area contributed by atoms with E-state index in [2.05, 4.69) is 29.6 Å². The van der Waals surface area contributed by atoms with Crippen LogP contribution in [0.1, 0.15) is 57.1 Å². The molecule has 1 aliphatic carbocycles. The molecule has 7 heteroatoms. The topological polar surface area (TPSA) is 95.9 Å². The Morgan fingerprint density at radius 1 is 1.03 bits per heavy atom. The number of rotatable bonds is 10. The third kappa shape index (κ3) is 5.92. The van der Waals surface area contributed by atoms with Crippen LogP contribution in [-0.4, -0.2) is 53.2 Å². The third-order valence-electron chi connectivity index (χ3n) is 5.97. The van der Waals surface area contributed by atoms with Crippen molar-refractivity contribution in [3.63, 3.8) is 0 Å². The summed E-state index contributed by atoms with van der Waals surface area (Å²) in [5, 5.41) is 11.9. The number of fused-ring (bicyclic) bond motifs is 3. The van der Waals surface area contributed by atoms with Gasteiger partial charge in [-0.25, -0.2) is 4.79 Å². The second-order valence-corrected chi connectivity index (χ2v) is 8.67. The molecular weight excluding hydrogens is 420 g/mol. The molecule has 2 aromatic rings. The van der Waals surface area contributed by atoms with Crippen LogP contribution in [0.2, 0.25) is 0 Å². The molecule has 1 atom stereocenters. The Morgan fingerprint density at radius 2 is 1.61 bits per heavy atom. The standard InChI is InChI=1S/C26H32N2O5/c1-4-9-18(14-24(29)28(17(2)3)15-25(30)31)27-26(32)33-16-23-21-12-7-5-10-19(21)20-11-6-8-13-22(20)23/h5-8,10-13,17-18,23H,4,9,14-16H2,1-3H3,(H,27,32)(H,30,31)/t18-/m0/s1. The van der Waals surface area contributed by atoms with Gasteiger partial charge in [0.25, 0.3) is 0 Å². The van der Waals surface area contributed by atoms with Crippen molar-refractivity contribution in [3.05, 3.63) is 59.7 Å². The first-order valence-electron chi connectivity index (χ1n) is 11.4. The number of amides is 2. The van der Waals surface area contributed by atoms with Crippen LogP contribution in [0.3, 0.4) is 0 Å². The number of nitrogens with zero attached hydrogens (tertiary/aromatic N) is 1. The molecule has 0 radical (unpaired) electrons. The molecule has 0 unspecified atom stereocenters. The van der Waals surface area contributed by atoms with Gasteiger partial charge < -0.3 is 20.1 Å². The normalized spacial score (nSPS) is 13.2. The van der Waals surface area contributed by atoms with Gasteiger partial charge in [0, 0.05) is 24.4 Å². The molecule has 0 saturated heterocycles. The average molecular weight is 453 g/mol. The molecule has 1 aliphatic rings. The zero-order chi connectivity index (χ0) is 24.0. The number of hydrogen-bond acceptors (Lipinski definition) is 4. The van der Waals surface area contributed by atoms with E-state index in [-0.39, 0.29) is 37.4 Å². The minimum absolute atomic E-state index is 0.0312. The lowest BCUT2D eigenvalue weighted by Gasteiger charge is -2.27. The number of carboxylic acids is 1. The van der Waals surface area contributed by atoms with Crippen LogP contribution in [0.4, 0.5) is 4.79 Å². The fraction of sp³-hybridized carbons (Fsp3) is 0.423. The van der Waals surface area contributed by atoms with E-state index in [1.807, 2.05) is 31.2 Å². The highest BCUT2D eigenvalue weighted by atomic mass is 16.5. The molecule has 0 spiro atoms. The molecule has 2 aromatic carbocycles. The molecule has 176 valence electrons. The largest absolute Gasteiger partial charge is 0.480 e. The summed E-state index contributed by atoms with van der Waals surface area (Å²) in [5.74, 6) is -1.40. The van der Waals surface area contributed by atoms with Crippen molar-refractivity contribution in [3.8, 4) is 11.1 Å². The number of benzene rings is 2. The minimum Gasteiger partial charge on any atom is -0.480 e. The number of aliphatic carboxylic acids is 1. The fourth-order valence-corrected chi connectivity index (χ4v) is 4.41. The highest BCUT2D eigenvalue weighted by Gasteiger charge is 2.29. The van der Waals surface area contributed by atoms with Crippen molar-refractivity contribution in [2.45, 2.75) is 58.0 Å². The molecule has 2 N–H and O–H groups in total. The quantitative estimate of drug-likeness (QED) is 0.557. The lowest BCUT2D eigenvalue weighted by molar-refractivity contribution is -0.146. The molecule has 7 nitrogen and oxygen atoms in total. The van der Waals surface area contributed by atoms with Gasteiger partial charge in [-0.1, -0.05) is 61.9 Å². The van der Waals surface area contributed by atoms with Gasteiger partial charge in [-0.2, -0.15) is 0 Å². The van der Waals surface area contributed by atoms with Crippen molar-refractivity contribution >= 4 is 18.0 Å². The van der Waals surface area contributed by atoms with Gasteiger partial charge in [-0.05, 0) is 42.5 Å². The van der Waals surface area contributed by atoms with E-state index in [1.54, 1.807) is 13.8 Å². The zero-order valence-corrected chi connectivity index (χ0v) is 19.4. The summed E-state index contributed by atoms with van der Waals surface area (Å²) in [6.45, 7) is 5.35. The first-order chi connectivity index (χ1) is 15.8. The van der Waals surface area contributed by atoms with Crippen LogP contribution < -0.4 is 5.32 Å². The van der Waals surface area contributed by atoms with Crippen molar-refractivity contribution in [1.82, 2.24) is 10.2 Å². The molecule has 33 heavy (non-hydrogen) atoms. The molecule has 0 saturated carbocycles. The molecule has 2 amide bonds. The maximum atomic E-state index is 12.7. The van der Waals surface area contributed by atoms with Crippen molar-refractivity contribution < 1.29 is 24.2 Å². The van der Waals surface area contributed by atoms with E-state index >= 15 is 0 Å². The average Bonchev–Trinajstić information content (AvgIpc) is 3.09. The van der Waals surface area contributed by atoms with Gasteiger partial charge in [-0.3, -0.25) is 9.59 Å². The van der Waals surface area contributed by atoms with Crippen LogP contribution in [0.25, 0.3) is 11.1 Å². The number of alkyl carbamates (subject to hydrolysis) is 1. The number of ether oxygens (including phenoxy) is 1. The Balaban J connectivity index is 1.63. The van der Waals surface area contributed by atoms with Gasteiger partial charge in [0.15, 0.2) is 0 Å². The number of hydrogen-bond donors (Lipinski definition) is 2. The monoisotopic (exact) mass is 452 g/mol. The minimum atomic E-state index is -1.06. The molecule has 3 rings (SSSR count). The lowest BCUT2D eigenvalue weighted by Crippen LogP contribution is -2.45. The number of carbonyl (C=O) groups is 3. The Morgan fingerprint density at radius 3 is 2.12 bits per heavy atom. The molecule has 0 aromatic heterocycles.